The third-order valence-electron chi connectivity index (χ3n) is 5.93. The topological polar surface area (TPSA) is 100 Å². The Balaban J connectivity index is 1.70. The van der Waals surface area contributed by atoms with Gasteiger partial charge in [-0.3, -0.25) is 4.79 Å². The second kappa shape index (κ2) is 11.0. The van der Waals surface area contributed by atoms with Crippen LogP contribution in [0.4, 0.5) is 5.82 Å². The zero-order chi connectivity index (χ0) is 24.9. The molecule has 0 N–H and O–H groups in total. The summed E-state index contributed by atoms with van der Waals surface area (Å²) in [6.45, 7) is 10.3. The molecule has 3 rings (SSSR count). The van der Waals surface area contributed by atoms with E-state index in [1.54, 1.807) is 49.9 Å². The maximum Gasteiger partial charge on any atom is 0.339 e. The average Bonchev–Trinajstić information content (AvgIpc) is 2.84. The van der Waals surface area contributed by atoms with E-state index in [-0.39, 0.29) is 10.8 Å². The molecule has 2 aromatic rings. The Morgan fingerprint density at radius 1 is 1.03 bits per heavy atom. The van der Waals surface area contributed by atoms with E-state index in [1.165, 1.54) is 16.6 Å². The van der Waals surface area contributed by atoms with Gasteiger partial charge >= 0.3 is 5.97 Å². The fourth-order valence-electron chi connectivity index (χ4n) is 3.92. The van der Waals surface area contributed by atoms with E-state index in [2.05, 4.69) is 4.98 Å². The van der Waals surface area contributed by atoms with E-state index in [0.717, 1.165) is 11.4 Å². The van der Waals surface area contributed by atoms with Crippen LogP contribution in [-0.4, -0.2) is 80.4 Å². The Labute approximate surface area is 201 Å². The third-order valence-corrected chi connectivity index (χ3v) is 7.98. The molecule has 0 bridgehead atoms. The highest BCUT2D eigenvalue weighted by molar-refractivity contribution is 7.89. The lowest BCUT2D eigenvalue weighted by molar-refractivity contribution is 0.0525. The number of esters is 1. The molecule has 0 radical (unpaired) electrons. The van der Waals surface area contributed by atoms with Crippen molar-refractivity contribution >= 4 is 27.7 Å². The third kappa shape index (κ3) is 5.39. The Hall–Kier alpha value is -2.98. The number of carbonyl (C=O) groups excluding carboxylic acids is 2. The Bertz CT molecular complexity index is 1120. The number of rotatable bonds is 8. The lowest BCUT2D eigenvalue weighted by atomic mass is 10.1. The van der Waals surface area contributed by atoms with Crippen LogP contribution in [0.1, 0.15) is 47.1 Å². The van der Waals surface area contributed by atoms with Gasteiger partial charge in [-0.05, 0) is 43.7 Å². The van der Waals surface area contributed by atoms with Gasteiger partial charge in [0.1, 0.15) is 5.82 Å². The number of hydrogen-bond acceptors (Lipinski definition) is 7. The second-order valence-corrected chi connectivity index (χ2v) is 9.91. The average molecular weight is 489 g/mol. The smallest absolute Gasteiger partial charge is 0.339 e. The van der Waals surface area contributed by atoms with Crippen LogP contribution >= 0.6 is 0 Å². The zero-order valence-corrected chi connectivity index (χ0v) is 21.0. The van der Waals surface area contributed by atoms with Crippen molar-refractivity contribution in [2.75, 3.05) is 50.8 Å². The minimum atomic E-state index is -3.65. The lowest BCUT2D eigenvalue weighted by Crippen LogP contribution is -2.49. The molecule has 34 heavy (non-hydrogen) atoms. The number of carbonyl (C=O) groups is 2. The molecule has 1 aliphatic heterocycles. The van der Waals surface area contributed by atoms with Gasteiger partial charge in [-0.1, -0.05) is 19.9 Å². The molecule has 2 heterocycles. The number of hydrogen-bond donors (Lipinski definition) is 0. The number of benzene rings is 1. The maximum atomic E-state index is 13.3. The van der Waals surface area contributed by atoms with Crippen LogP contribution in [0.15, 0.2) is 41.4 Å². The molecule has 10 heteroatoms. The Morgan fingerprint density at radius 3 is 2.26 bits per heavy atom. The highest BCUT2D eigenvalue weighted by Crippen LogP contribution is 2.22. The van der Waals surface area contributed by atoms with E-state index in [9.17, 15) is 18.0 Å². The quantitative estimate of drug-likeness (QED) is 0.527. The molecule has 0 atom stereocenters. The largest absolute Gasteiger partial charge is 0.462 e. The number of sulfonamides is 1. The first-order valence-electron chi connectivity index (χ1n) is 11.5. The van der Waals surface area contributed by atoms with Gasteiger partial charge in [0.15, 0.2) is 0 Å². The van der Waals surface area contributed by atoms with E-state index in [0.29, 0.717) is 57.0 Å². The number of nitrogens with zero attached hydrogens (tertiary/aromatic N) is 4. The molecule has 1 amide bonds. The number of pyridine rings is 1. The summed E-state index contributed by atoms with van der Waals surface area (Å²) in [5, 5.41) is 0. The maximum absolute atomic E-state index is 13.3. The second-order valence-electron chi connectivity index (χ2n) is 7.97. The van der Waals surface area contributed by atoms with Gasteiger partial charge in [0.25, 0.3) is 5.91 Å². The monoisotopic (exact) mass is 488 g/mol. The fraction of sp³-hybridized carbons (Fsp3) is 0.458. The van der Waals surface area contributed by atoms with Crippen molar-refractivity contribution in [1.29, 1.82) is 0 Å². The highest BCUT2D eigenvalue weighted by atomic mass is 32.2. The molecular formula is C24H32N4O5S. The minimum Gasteiger partial charge on any atom is -0.462 e. The van der Waals surface area contributed by atoms with Crippen LogP contribution < -0.4 is 4.90 Å². The molecule has 0 spiro atoms. The first-order valence-corrected chi connectivity index (χ1v) is 12.9. The number of ether oxygens (including phenoxy) is 1. The zero-order valence-electron chi connectivity index (χ0n) is 20.2. The van der Waals surface area contributed by atoms with Gasteiger partial charge in [-0.25, -0.2) is 18.2 Å². The molecule has 1 fully saturated rings. The first kappa shape index (κ1) is 25.6. The molecule has 0 aliphatic carbocycles. The SMILES string of the molecule is CCOC(=O)c1ccc(N2CCN(C(=O)c3cc(S(=O)(=O)N(CC)CC)ccc3C)CC2)nc1. The molecule has 1 saturated heterocycles. The van der Waals surface area contributed by atoms with Gasteiger partial charge < -0.3 is 14.5 Å². The van der Waals surface area contributed by atoms with E-state index in [4.69, 9.17) is 4.74 Å². The van der Waals surface area contributed by atoms with Crippen molar-refractivity contribution < 1.29 is 22.7 Å². The van der Waals surface area contributed by atoms with Crippen molar-refractivity contribution in [3.05, 3.63) is 53.2 Å². The first-order chi connectivity index (χ1) is 16.2. The van der Waals surface area contributed by atoms with Crippen LogP contribution in [0.25, 0.3) is 0 Å². The number of anilines is 1. The summed E-state index contributed by atoms with van der Waals surface area (Å²) >= 11 is 0. The summed E-state index contributed by atoms with van der Waals surface area (Å²) in [5.41, 5.74) is 1.54. The standard InChI is InChI=1S/C24H32N4O5S/c1-5-28(6-2)34(31,32)20-10-8-18(4)21(16-20)23(29)27-14-12-26(13-15-27)22-11-9-19(17-25-22)24(30)33-7-3/h8-11,16-17H,5-7,12-15H2,1-4H3. The van der Waals surface area contributed by atoms with Gasteiger partial charge in [0, 0.05) is 51.0 Å². The molecule has 1 aromatic heterocycles. The normalized spacial score (nSPS) is 14.4. The number of aromatic nitrogens is 1. The lowest BCUT2D eigenvalue weighted by Gasteiger charge is -2.35. The molecule has 9 nitrogen and oxygen atoms in total. The van der Waals surface area contributed by atoms with E-state index < -0.39 is 16.0 Å². The summed E-state index contributed by atoms with van der Waals surface area (Å²) in [7, 11) is -3.65. The molecular weight excluding hydrogens is 456 g/mol. The van der Waals surface area contributed by atoms with Gasteiger partial charge in [0.2, 0.25) is 10.0 Å². The van der Waals surface area contributed by atoms with Crippen LogP contribution in [0.2, 0.25) is 0 Å². The number of piperazine rings is 1. The molecule has 1 aliphatic rings. The van der Waals surface area contributed by atoms with Crippen molar-refractivity contribution in [3.63, 3.8) is 0 Å². The predicted molar refractivity (Wildman–Crippen MR) is 130 cm³/mol. The van der Waals surface area contributed by atoms with Crippen molar-refractivity contribution in [1.82, 2.24) is 14.2 Å². The molecule has 0 unspecified atom stereocenters. The van der Waals surface area contributed by atoms with Gasteiger partial charge in [-0.15, -0.1) is 0 Å². The van der Waals surface area contributed by atoms with Crippen LogP contribution in [-0.2, 0) is 14.8 Å². The molecule has 1 aromatic carbocycles. The summed E-state index contributed by atoms with van der Waals surface area (Å²) in [4.78, 5) is 33.4. The summed E-state index contributed by atoms with van der Waals surface area (Å²) in [6, 6.07) is 8.20. The van der Waals surface area contributed by atoms with Crippen LogP contribution in [0.3, 0.4) is 0 Å². The number of aryl methyl sites for hydroxylation is 1. The van der Waals surface area contributed by atoms with E-state index in [1.807, 2.05) is 11.8 Å². The highest BCUT2D eigenvalue weighted by Gasteiger charge is 2.27. The van der Waals surface area contributed by atoms with Crippen molar-refractivity contribution in [2.45, 2.75) is 32.6 Å². The summed E-state index contributed by atoms with van der Waals surface area (Å²) in [5.74, 6) is 0.139. The Morgan fingerprint density at radius 2 is 1.71 bits per heavy atom. The predicted octanol–water partition coefficient (Wildman–Crippen LogP) is 2.56. The summed E-state index contributed by atoms with van der Waals surface area (Å²) < 4.78 is 32.2. The minimum absolute atomic E-state index is 0.134. The van der Waals surface area contributed by atoms with Crippen LogP contribution in [0.5, 0.6) is 0 Å². The number of amides is 1. The Kier molecular flexibility index (Phi) is 8.27. The van der Waals surface area contributed by atoms with E-state index >= 15 is 0 Å². The van der Waals surface area contributed by atoms with Crippen LogP contribution in [0, 0.1) is 6.92 Å². The molecule has 0 saturated carbocycles. The van der Waals surface area contributed by atoms with Gasteiger partial charge in [-0.2, -0.15) is 4.31 Å². The summed E-state index contributed by atoms with van der Waals surface area (Å²) in [6.07, 6.45) is 1.50. The molecule has 184 valence electrons. The van der Waals surface area contributed by atoms with Gasteiger partial charge in [0.05, 0.1) is 17.1 Å². The fourth-order valence-corrected chi connectivity index (χ4v) is 5.41. The van der Waals surface area contributed by atoms with Crippen molar-refractivity contribution in [3.8, 4) is 0 Å². The van der Waals surface area contributed by atoms with Crippen molar-refractivity contribution in [2.24, 2.45) is 0 Å².